The van der Waals surface area contributed by atoms with Gasteiger partial charge in [0.15, 0.2) is 0 Å². The fourth-order valence-corrected chi connectivity index (χ4v) is 9.70. The molecule has 220 valence electrons. The maximum absolute atomic E-state index is 12.6. The largest absolute Gasteiger partial charge is 0.393 e. The van der Waals surface area contributed by atoms with Crippen LogP contribution in [0.2, 0.25) is 0 Å². The highest BCUT2D eigenvalue weighted by atomic mass is 32.2. The van der Waals surface area contributed by atoms with E-state index in [2.05, 4.69) is 51.5 Å². The molecule has 38 heavy (non-hydrogen) atoms. The molecule has 2 unspecified atom stereocenters. The molecule has 0 bridgehead atoms. The first kappa shape index (κ1) is 31.9. The fraction of sp³-hybridized carbons (Fsp3) is 0.879. The predicted molar refractivity (Wildman–Crippen MR) is 162 cm³/mol. The molecule has 0 spiro atoms. The van der Waals surface area contributed by atoms with Gasteiger partial charge in [-0.15, -0.1) is 0 Å². The summed E-state index contributed by atoms with van der Waals surface area (Å²) in [4.78, 5) is 0. The fourth-order valence-electron chi connectivity index (χ4n) is 8.28. The molecule has 3 aliphatic carbocycles. The summed E-state index contributed by atoms with van der Waals surface area (Å²) >= 11 is 0. The van der Waals surface area contributed by atoms with Crippen molar-refractivity contribution >= 4 is 10.0 Å². The monoisotopic (exact) mass is 549 g/mol. The Labute approximate surface area is 235 Å². The van der Waals surface area contributed by atoms with Gasteiger partial charge in [0.05, 0.1) is 11.4 Å². The molecule has 5 heteroatoms. The molecule has 0 amide bonds. The van der Waals surface area contributed by atoms with Crippen LogP contribution < -0.4 is 4.72 Å². The van der Waals surface area contributed by atoms with Crippen molar-refractivity contribution in [1.29, 1.82) is 0 Å². The first-order valence-electron chi connectivity index (χ1n) is 15.7. The average Bonchev–Trinajstić information content (AvgIpc) is 3.16. The lowest BCUT2D eigenvalue weighted by Crippen LogP contribution is -2.40. The highest BCUT2D eigenvalue weighted by Crippen LogP contribution is 2.59. The third kappa shape index (κ3) is 8.43. The van der Waals surface area contributed by atoms with Gasteiger partial charge in [0, 0.05) is 6.54 Å². The zero-order valence-electron chi connectivity index (χ0n) is 25.7. The Kier molecular flexibility index (Phi) is 10.8. The van der Waals surface area contributed by atoms with E-state index < -0.39 is 10.0 Å². The summed E-state index contributed by atoms with van der Waals surface area (Å²) in [6.07, 6.45) is 20.4. The third-order valence-electron chi connectivity index (χ3n) is 10.3. The van der Waals surface area contributed by atoms with E-state index in [9.17, 15) is 13.5 Å². The molecule has 3 rings (SSSR count). The molecule has 4 nitrogen and oxygen atoms in total. The Bertz CT molecular complexity index is 947. The first-order valence-corrected chi connectivity index (χ1v) is 17.3. The van der Waals surface area contributed by atoms with Crippen LogP contribution in [0.15, 0.2) is 23.3 Å². The van der Waals surface area contributed by atoms with Crippen molar-refractivity contribution < 1.29 is 13.5 Å². The second-order valence-electron chi connectivity index (χ2n) is 15.0. The second kappa shape index (κ2) is 12.9. The summed E-state index contributed by atoms with van der Waals surface area (Å²) in [5, 5.41) is 9.73. The summed E-state index contributed by atoms with van der Waals surface area (Å²) in [6.45, 7) is 16.1. The SMILES string of the molecule is CCCC(C)S(=O)(=O)NCC(C)(C)CC(C)(C)CC[C@H]1CCC2/C(=C/C=C3/CCC[C@H](O)C3)CCC[C@@]21C. The minimum atomic E-state index is -3.25. The number of aliphatic hydroxyl groups excluding tert-OH is 1. The molecule has 2 N–H and O–H groups in total. The number of hydrogen-bond donors (Lipinski definition) is 2. The predicted octanol–water partition coefficient (Wildman–Crippen LogP) is 8.32. The Morgan fingerprint density at radius 2 is 1.82 bits per heavy atom. The van der Waals surface area contributed by atoms with Crippen molar-refractivity contribution in [2.45, 2.75) is 150 Å². The Morgan fingerprint density at radius 1 is 1.08 bits per heavy atom. The van der Waals surface area contributed by atoms with Gasteiger partial charge in [0.25, 0.3) is 0 Å². The molecule has 0 saturated heterocycles. The van der Waals surface area contributed by atoms with Crippen molar-refractivity contribution in [1.82, 2.24) is 4.72 Å². The summed E-state index contributed by atoms with van der Waals surface area (Å²) in [6, 6.07) is 0. The molecule has 0 heterocycles. The minimum Gasteiger partial charge on any atom is -0.393 e. The summed E-state index contributed by atoms with van der Waals surface area (Å²) in [7, 11) is -3.25. The van der Waals surface area contributed by atoms with Crippen LogP contribution in [-0.2, 0) is 10.0 Å². The Morgan fingerprint density at radius 3 is 2.50 bits per heavy atom. The third-order valence-corrected chi connectivity index (χ3v) is 12.2. The highest BCUT2D eigenvalue weighted by Gasteiger charge is 2.49. The van der Waals surface area contributed by atoms with Crippen LogP contribution in [0.5, 0.6) is 0 Å². The molecule has 5 atom stereocenters. The maximum Gasteiger partial charge on any atom is 0.214 e. The zero-order chi connectivity index (χ0) is 28.2. The minimum absolute atomic E-state index is 0.0778. The Hall–Kier alpha value is -0.650. The van der Waals surface area contributed by atoms with Gasteiger partial charge in [-0.2, -0.15) is 0 Å². The molecule has 0 aromatic carbocycles. The van der Waals surface area contributed by atoms with Crippen molar-refractivity contribution in [3.63, 3.8) is 0 Å². The van der Waals surface area contributed by atoms with Gasteiger partial charge >= 0.3 is 0 Å². The standard InChI is InChI=1S/C33H59NO3S/c1-8-11-25(2)38(36,37)34-24-32(5,6)23-31(3,4)21-19-28-17-18-30-27(13-10-20-33(28,30)7)16-15-26-12-9-14-29(35)22-26/h15-16,25,28-30,34-35H,8-14,17-24H2,1-7H3/b26-15-,27-16+/t25?,28-,29+,30?,33-/m1/s1. The van der Waals surface area contributed by atoms with E-state index in [1.165, 1.54) is 50.5 Å². The summed E-state index contributed by atoms with van der Waals surface area (Å²) in [5.41, 5.74) is 3.61. The van der Waals surface area contributed by atoms with Crippen molar-refractivity contribution in [3.05, 3.63) is 23.3 Å². The molecular weight excluding hydrogens is 490 g/mol. The van der Waals surface area contributed by atoms with Crippen LogP contribution in [0.25, 0.3) is 0 Å². The molecule has 3 saturated carbocycles. The molecule has 0 aromatic heterocycles. The van der Waals surface area contributed by atoms with Gasteiger partial charge < -0.3 is 5.11 Å². The number of rotatable bonds is 12. The topological polar surface area (TPSA) is 66.4 Å². The molecule has 0 radical (unpaired) electrons. The number of fused-ring (bicyclic) bond motifs is 1. The summed E-state index contributed by atoms with van der Waals surface area (Å²) < 4.78 is 28.2. The van der Waals surface area contributed by atoms with Crippen LogP contribution in [0.1, 0.15) is 138 Å². The number of aliphatic hydroxyl groups is 1. The summed E-state index contributed by atoms with van der Waals surface area (Å²) in [5.74, 6) is 1.49. The number of allylic oxidation sites excluding steroid dienone is 3. The van der Waals surface area contributed by atoms with E-state index in [1.807, 2.05) is 13.8 Å². The average molecular weight is 550 g/mol. The van der Waals surface area contributed by atoms with Gasteiger partial charge in [-0.1, -0.05) is 71.3 Å². The van der Waals surface area contributed by atoms with E-state index in [0.717, 1.165) is 44.4 Å². The van der Waals surface area contributed by atoms with Crippen LogP contribution in [-0.4, -0.2) is 31.4 Å². The normalized spacial score (nSPS) is 32.1. The Balaban J connectivity index is 1.57. The van der Waals surface area contributed by atoms with Gasteiger partial charge in [-0.05, 0) is 118 Å². The molecular formula is C33H59NO3S. The van der Waals surface area contributed by atoms with Gasteiger partial charge in [-0.25, -0.2) is 13.1 Å². The lowest BCUT2D eigenvalue weighted by Gasteiger charge is -2.43. The van der Waals surface area contributed by atoms with Gasteiger partial charge in [0.1, 0.15) is 0 Å². The molecule has 0 aliphatic heterocycles. The van der Waals surface area contributed by atoms with E-state index in [0.29, 0.717) is 24.3 Å². The zero-order valence-corrected chi connectivity index (χ0v) is 26.6. The smallest absolute Gasteiger partial charge is 0.214 e. The first-order chi connectivity index (χ1) is 17.7. The van der Waals surface area contributed by atoms with Crippen LogP contribution >= 0.6 is 0 Å². The van der Waals surface area contributed by atoms with Crippen molar-refractivity contribution in [2.75, 3.05) is 6.54 Å². The van der Waals surface area contributed by atoms with E-state index in [1.54, 1.807) is 5.57 Å². The number of nitrogens with one attached hydrogen (secondary N) is 1. The number of hydrogen-bond acceptors (Lipinski definition) is 3. The second-order valence-corrected chi connectivity index (χ2v) is 17.2. The van der Waals surface area contributed by atoms with Crippen LogP contribution in [0.4, 0.5) is 0 Å². The van der Waals surface area contributed by atoms with Gasteiger partial charge in [0.2, 0.25) is 10.0 Å². The molecule has 3 aliphatic rings. The van der Waals surface area contributed by atoms with Crippen molar-refractivity contribution in [3.8, 4) is 0 Å². The van der Waals surface area contributed by atoms with E-state index in [4.69, 9.17) is 0 Å². The van der Waals surface area contributed by atoms with E-state index >= 15 is 0 Å². The maximum atomic E-state index is 12.6. The van der Waals surface area contributed by atoms with Crippen LogP contribution in [0, 0.1) is 28.1 Å². The molecule has 0 aromatic rings. The number of sulfonamides is 1. The van der Waals surface area contributed by atoms with Crippen LogP contribution in [0.3, 0.4) is 0 Å². The highest BCUT2D eigenvalue weighted by molar-refractivity contribution is 7.90. The quantitative estimate of drug-likeness (QED) is 0.257. The van der Waals surface area contributed by atoms with Gasteiger partial charge in [-0.3, -0.25) is 0 Å². The van der Waals surface area contributed by atoms with E-state index in [-0.39, 0.29) is 22.2 Å². The lowest BCUT2D eigenvalue weighted by atomic mass is 9.61. The molecule has 3 fully saturated rings. The lowest BCUT2D eigenvalue weighted by molar-refractivity contribution is 0.106. The van der Waals surface area contributed by atoms with Crippen molar-refractivity contribution in [2.24, 2.45) is 28.1 Å².